The molecule has 0 aromatic heterocycles. The third-order valence-electron chi connectivity index (χ3n) is 4.42. The summed E-state index contributed by atoms with van der Waals surface area (Å²) in [7, 11) is 0. The van der Waals surface area contributed by atoms with Gasteiger partial charge in [-0.15, -0.1) is 0 Å². The number of carbonyl (C=O) groups excluding carboxylic acids is 2. The number of anilines is 1. The third kappa shape index (κ3) is 3.33. The van der Waals surface area contributed by atoms with Crippen LogP contribution in [0.4, 0.5) is 10.5 Å². The topological polar surface area (TPSA) is 58.6 Å². The van der Waals surface area contributed by atoms with Crippen LogP contribution in [0.15, 0.2) is 24.3 Å². The van der Waals surface area contributed by atoms with Crippen molar-refractivity contribution >= 4 is 17.7 Å². The normalized spacial score (nSPS) is 24.1. The zero-order valence-electron chi connectivity index (χ0n) is 14.0. The first-order chi connectivity index (χ1) is 10.8. The highest BCUT2D eigenvalue weighted by Crippen LogP contribution is 2.40. The maximum atomic E-state index is 12.4. The smallest absolute Gasteiger partial charge is 0.410 e. The van der Waals surface area contributed by atoms with Crippen LogP contribution in [0.25, 0.3) is 0 Å². The second kappa shape index (κ2) is 5.87. The van der Waals surface area contributed by atoms with E-state index in [1.165, 1.54) is 0 Å². The van der Waals surface area contributed by atoms with E-state index in [9.17, 15) is 9.59 Å². The van der Waals surface area contributed by atoms with E-state index >= 15 is 0 Å². The number of benzene rings is 1. The van der Waals surface area contributed by atoms with Crippen LogP contribution in [-0.2, 0) is 9.53 Å². The first-order valence-electron chi connectivity index (χ1n) is 8.23. The fourth-order valence-electron chi connectivity index (χ4n) is 3.48. The van der Waals surface area contributed by atoms with Crippen LogP contribution in [0.5, 0.6) is 0 Å². The van der Waals surface area contributed by atoms with Gasteiger partial charge in [-0.2, -0.15) is 0 Å². The Hall–Kier alpha value is -2.04. The molecule has 23 heavy (non-hydrogen) atoms. The van der Waals surface area contributed by atoms with Crippen LogP contribution in [0.3, 0.4) is 0 Å². The number of likely N-dealkylation sites (tertiary alicyclic amines) is 1. The lowest BCUT2D eigenvalue weighted by Crippen LogP contribution is -2.44. The number of nitrogens with one attached hydrogen (secondary N) is 1. The number of hydrogen-bond donors (Lipinski definition) is 1. The summed E-state index contributed by atoms with van der Waals surface area (Å²) in [5.41, 5.74) is 1.45. The largest absolute Gasteiger partial charge is 0.444 e. The summed E-state index contributed by atoms with van der Waals surface area (Å²) in [6, 6.07) is 7.82. The molecule has 2 aliphatic rings. The molecule has 124 valence electrons. The van der Waals surface area contributed by atoms with Gasteiger partial charge in [0.2, 0.25) is 5.91 Å². The molecule has 1 aromatic rings. The third-order valence-corrected chi connectivity index (χ3v) is 4.42. The van der Waals surface area contributed by atoms with Crippen molar-refractivity contribution in [3.05, 3.63) is 29.8 Å². The molecule has 0 saturated carbocycles. The number of carbonyl (C=O) groups is 2. The summed E-state index contributed by atoms with van der Waals surface area (Å²) >= 11 is 0. The Morgan fingerprint density at radius 2 is 2.04 bits per heavy atom. The van der Waals surface area contributed by atoms with E-state index in [1.807, 2.05) is 45.0 Å². The Morgan fingerprint density at radius 1 is 1.30 bits per heavy atom. The van der Waals surface area contributed by atoms with Crippen LogP contribution in [0.2, 0.25) is 0 Å². The van der Waals surface area contributed by atoms with Gasteiger partial charge in [-0.3, -0.25) is 4.79 Å². The lowest BCUT2D eigenvalue weighted by Gasteiger charge is -2.36. The second-order valence-electron chi connectivity index (χ2n) is 7.38. The molecule has 0 bridgehead atoms. The molecule has 3 rings (SSSR count). The number of ether oxygens (including phenoxy) is 1. The Morgan fingerprint density at radius 3 is 2.78 bits per heavy atom. The summed E-state index contributed by atoms with van der Waals surface area (Å²) in [4.78, 5) is 26.4. The second-order valence-corrected chi connectivity index (χ2v) is 7.38. The van der Waals surface area contributed by atoms with E-state index < -0.39 is 5.60 Å². The molecule has 2 aliphatic heterocycles. The molecule has 0 unspecified atom stereocenters. The van der Waals surface area contributed by atoms with E-state index in [4.69, 9.17) is 4.74 Å². The molecular weight excluding hydrogens is 292 g/mol. The van der Waals surface area contributed by atoms with Crippen molar-refractivity contribution in [2.75, 3.05) is 18.4 Å². The number of rotatable bonds is 1. The van der Waals surface area contributed by atoms with Crippen molar-refractivity contribution in [2.45, 2.75) is 45.1 Å². The van der Waals surface area contributed by atoms with Crippen molar-refractivity contribution in [1.29, 1.82) is 0 Å². The lowest BCUT2D eigenvalue weighted by molar-refractivity contribution is -0.118. The van der Waals surface area contributed by atoms with Crippen molar-refractivity contribution in [2.24, 2.45) is 5.92 Å². The summed E-state index contributed by atoms with van der Waals surface area (Å²) in [5, 5.41) is 2.95. The van der Waals surface area contributed by atoms with Crippen LogP contribution < -0.4 is 5.32 Å². The van der Waals surface area contributed by atoms with Crippen molar-refractivity contribution in [3.63, 3.8) is 0 Å². The molecule has 1 saturated heterocycles. The van der Waals surface area contributed by atoms with Gasteiger partial charge in [0.15, 0.2) is 0 Å². The number of hydrogen-bond acceptors (Lipinski definition) is 3. The van der Waals surface area contributed by atoms with E-state index in [1.54, 1.807) is 4.90 Å². The average molecular weight is 316 g/mol. The molecule has 0 radical (unpaired) electrons. The van der Waals surface area contributed by atoms with Gasteiger partial charge in [-0.25, -0.2) is 4.79 Å². The number of nitrogens with zero attached hydrogens (tertiary/aromatic N) is 1. The molecule has 1 aromatic carbocycles. The number of piperidine rings is 1. The predicted octanol–water partition coefficient (Wildman–Crippen LogP) is 3.37. The van der Waals surface area contributed by atoms with Gasteiger partial charge in [-0.1, -0.05) is 18.2 Å². The molecule has 2 heterocycles. The highest BCUT2D eigenvalue weighted by molar-refractivity contribution is 6.03. The van der Waals surface area contributed by atoms with Gasteiger partial charge >= 0.3 is 6.09 Å². The summed E-state index contributed by atoms with van der Waals surface area (Å²) in [6.07, 6.45) is 1.57. The SMILES string of the molecule is CC(C)(C)OC(=O)N1CCC[C@H]([C@H]2C(=O)Nc3ccccc32)C1. The van der Waals surface area contributed by atoms with Crippen LogP contribution in [-0.4, -0.2) is 35.6 Å². The fraction of sp³-hybridized carbons (Fsp3) is 0.556. The monoisotopic (exact) mass is 316 g/mol. The van der Waals surface area contributed by atoms with E-state index in [0.29, 0.717) is 13.1 Å². The quantitative estimate of drug-likeness (QED) is 0.864. The van der Waals surface area contributed by atoms with Gasteiger partial charge in [0.1, 0.15) is 5.60 Å². The first kappa shape index (κ1) is 15.8. The Kier molecular flexibility index (Phi) is 4.04. The number of fused-ring (bicyclic) bond motifs is 1. The van der Waals surface area contributed by atoms with Crippen LogP contribution in [0.1, 0.15) is 45.1 Å². The number of amides is 2. The lowest BCUT2D eigenvalue weighted by atomic mass is 9.82. The maximum absolute atomic E-state index is 12.4. The zero-order chi connectivity index (χ0) is 16.6. The summed E-state index contributed by atoms with van der Waals surface area (Å²) in [5.74, 6) is 0.0126. The van der Waals surface area contributed by atoms with Gasteiger partial charge in [0.05, 0.1) is 5.92 Å². The van der Waals surface area contributed by atoms with Crippen LogP contribution in [0, 0.1) is 5.92 Å². The minimum atomic E-state index is -0.499. The van der Waals surface area contributed by atoms with Crippen molar-refractivity contribution in [3.8, 4) is 0 Å². The van der Waals surface area contributed by atoms with E-state index in [-0.39, 0.29) is 23.8 Å². The molecule has 2 atom stereocenters. The standard InChI is InChI=1S/C18H24N2O3/c1-18(2,3)23-17(22)20-10-6-7-12(11-20)15-13-8-4-5-9-14(13)19-16(15)21/h4-5,8-9,12,15H,6-7,10-11H2,1-3H3,(H,19,21)/t12-,15+/m0/s1. The van der Waals surface area contributed by atoms with Crippen molar-refractivity contribution in [1.82, 2.24) is 4.90 Å². The highest BCUT2D eigenvalue weighted by Gasteiger charge is 2.39. The Bertz CT molecular complexity index is 621. The molecule has 1 N–H and O–H groups in total. The fourth-order valence-corrected chi connectivity index (χ4v) is 3.48. The first-order valence-corrected chi connectivity index (χ1v) is 8.23. The Labute approximate surface area is 137 Å². The molecule has 0 spiro atoms. The van der Waals surface area contributed by atoms with Gasteiger partial charge in [0, 0.05) is 18.8 Å². The predicted molar refractivity (Wildman–Crippen MR) is 88.3 cm³/mol. The minimum Gasteiger partial charge on any atom is -0.444 e. The number of para-hydroxylation sites is 1. The molecule has 2 amide bonds. The average Bonchev–Trinajstić information content (AvgIpc) is 2.81. The molecule has 0 aliphatic carbocycles. The van der Waals surface area contributed by atoms with Crippen LogP contribution >= 0.6 is 0 Å². The Balaban J connectivity index is 1.74. The molecular formula is C18H24N2O3. The molecule has 5 nitrogen and oxygen atoms in total. The molecule has 5 heteroatoms. The van der Waals surface area contributed by atoms with Gasteiger partial charge < -0.3 is 15.0 Å². The van der Waals surface area contributed by atoms with Crippen molar-refractivity contribution < 1.29 is 14.3 Å². The van der Waals surface area contributed by atoms with E-state index in [0.717, 1.165) is 24.1 Å². The zero-order valence-corrected chi connectivity index (χ0v) is 14.0. The minimum absolute atomic E-state index is 0.0437. The summed E-state index contributed by atoms with van der Waals surface area (Å²) in [6.45, 7) is 6.87. The molecule has 1 fully saturated rings. The van der Waals surface area contributed by atoms with E-state index in [2.05, 4.69) is 5.32 Å². The summed E-state index contributed by atoms with van der Waals surface area (Å²) < 4.78 is 5.47. The van der Waals surface area contributed by atoms with Gasteiger partial charge in [-0.05, 0) is 51.2 Å². The highest BCUT2D eigenvalue weighted by atomic mass is 16.6. The van der Waals surface area contributed by atoms with Gasteiger partial charge in [0.25, 0.3) is 0 Å². The maximum Gasteiger partial charge on any atom is 0.410 e.